The first-order chi connectivity index (χ1) is 17.7. The Morgan fingerprint density at radius 2 is 2.08 bits per heavy atom. The highest BCUT2D eigenvalue weighted by atomic mass is 32.2. The average molecular weight is 520 g/mol. The van der Waals surface area contributed by atoms with Gasteiger partial charge in [-0.15, -0.1) is 21.5 Å². The third-order valence-electron chi connectivity index (χ3n) is 6.18. The molecule has 7 rings (SSSR count). The van der Waals surface area contributed by atoms with Crippen LogP contribution in [0.4, 0.5) is 10.8 Å². The molecule has 0 bridgehead atoms. The number of anilines is 2. The summed E-state index contributed by atoms with van der Waals surface area (Å²) in [5, 5.41) is 20.8. The van der Waals surface area contributed by atoms with E-state index in [-0.39, 0.29) is 11.8 Å². The number of ether oxygens (including phenoxy) is 1. The van der Waals surface area contributed by atoms with Gasteiger partial charge >= 0.3 is 0 Å². The smallest absolute Gasteiger partial charge is 0.227 e. The fourth-order valence-electron chi connectivity index (χ4n) is 4.10. The fraction of sp³-hybridized carbons (Fsp3) is 0.304. The lowest BCUT2D eigenvalue weighted by Gasteiger charge is -2.26. The van der Waals surface area contributed by atoms with Crippen LogP contribution in [-0.2, 0) is 9.53 Å². The van der Waals surface area contributed by atoms with E-state index in [1.807, 2.05) is 28.8 Å². The van der Waals surface area contributed by atoms with Crippen molar-refractivity contribution in [2.75, 3.05) is 36.5 Å². The van der Waals surface area contributed by atoms with Gasteiger partial charge in [-0.2, -0.15) is 5.10 Å². The van der Waals surface area contributed by atoms with Crippen molar-refractivity contribution in [3.8, 4) is 11.3 Å². The number of hydrogen-bond donors (Lipinski definition) is 1. The molecule has 0 unspecified atom stereocenters. The summed E-state index contributed by atoms with van der Waals surface area (Å²) in [4.78, 5) is 23.9. The number of hydrogen-bond acceptors (Lipinski definition) is 10. The summed E-state index contributed by atoms with van der Waals surface area (Å²) in [6.45, 7) is 3.17. The third kappa shape index (κ3) is 4.08. The maximum absolute atomic E-state index is 12.4. The molecule has 0 radical (unpaired) electrons. The van der Waals surface area contributed by atoms with E-state index in [1.165, 1.54) is 11.8 Å². The molecule has 2 aliphatic rings. The minimum Gasteiger partial charge on any atom is -0.378 e. The Labute approximate surface area is 213 Å². The van der Waals surface area contributed by atoms with Gasteiger partial charge < -0.3 is 15.0 Å². The van der Waals surface area contributed by atoms with E-state index in [9.17, 15) is 4.79 Å². The molecule has 5 aromatic heterocycles. The number of amides is 1. The number of pyridine rings is 1. The number of nitrogens with one attached hydrogen (secondary N) is 1. The highest BCUT2D eigenvalue weighted by molar-refractivity contribution is 7.99. The first-order valence-corrected chi connectivity index (χ1v) is 13.4. The van der Waals surface area contributed by atoms with Gasteiger partial charge in [0.2, 0.25) is 11.1 Å². The molecule has 1 aliphatic heterocycles. The lowest BCUT2D eigenvalue weighted by molar-refractivity contribution is -0.117. The molecule has 182 valence electrons. The highest BCUT2D eigenvalue weighted by Crippen LogP contribution is 2.33. The van der Waals surface area contributed by atoms with Crippen molar-refractivity contribution in [3.05, 3.63) is 42.2 Å². The summed E-state index contributed by atoms with van der Waals surface area (Å²) in [6, 6.07) is 5.79. The van der Waals surface area contributed by atoms with Gasteiger partial charge in [0.05, 0.1) is 24.6 Å². The molecule has 0 aromatic carbocycles. The predicted molar refractivity (Wildman–Crippen MR) is 136 cm³/mol. The molecule has 0 spiro atoms. The first kappa shape index (κ1) is 21.7. The van der Waals surface area contributed by atoms with Crippen LogP contribution >= 0.6 is 23.1 Å². The number of thiazole rings is 1. The molecular weight excluding hydrogens is 498 g/mol. The number of aromatic nitrogens is 7. The van der Waals surface area contributed by atoms with Crippen molar-refractivity contribution in [1.82, 2.24) is 34.2 Å². The highest BCUT2D eigenvalue weighted by Gasteiger charge is 2.30. The van der Waals surface area contributed by atoms with Crippen LogP contribution in [0.2, 0.25) is 0 Å². The summed E-state index contributed by atoms with van der Waals surface area (Å²) >= 11 is 3.02. The molecule has 13 heteroatoms. The summed E-state index contributed by atoms with van der Waals surface area (Å²) in [5.41, 5.74) is 3.88. The number of rotatable bonds is 6. The summed E-state index contributed by atoms with van der Waals surface area (Å²) in [7, 11) is 0. The third-order valence-corrected chi connectivity index (χ3v) is 7.95. The van der Waals surface area contributed by atoms with Gasteiger partial charge in [-0.3, -0.25) is 9.20 Å². The second-order valence-corrected chi connectivity index (χ2v) is 10.5. The SMILES string of the molecule is O=C(Nc1cc(Sc2nnc3ccc(-c4csc(N5CCOCC5)n4)cn23)nn2ccnc12)C1CC1. The van der Waals surface area contributed by atoms with Gasteiger partial charge in [0, 0.05) is 54.6 Å². The maximum atomic E-state index is 12.4. The number of carbonyl (C=O) groups is 1. The maximum Gasteiger partial charge on any atom is 0.227 e. The van der Waals surface area contributed by atoms with Crippen LogP contribution in [0.5, 0.6) is 0 Å². The number of carbonyl (C=O) groups excluding carboxylic acids is 1. The fourth-order valence-corrected chi connectivity index (χ4v) is 5.80. The van der Waals surface area contributed by atoms with Crippen LogP contribution in [-0.4, -0.2) is 66.4 Å². The van der Waals surface area contributed by atoms with Crippen LogP contribution < -0.4 is 10.2 Å². The zero-order valence-electron chi connectivity index (χ0n) is 19.1. The van der Waals surface area contributed by atoms with Crippen molar-refractivity contribution in [2.24, 2.45) is 5.92 Å². The van der Waals surface area contributed by atoms with E-state index in [0.717, 1.165) is 61.2 Å². The molecule has 1 saturated carbocycles. The second kappa shape index (κ2) is 8.84. The molecule has 6 heterocycles. The van der Waals surface area contributed by atoms with Crippen molar-refractivity contribution >= 4 is 51.1 Å². The van der Waals surface area contributed by atoms with Gasteiger partial charge in [-0.1, -0.05) is 0 Å². The Hall–Kier alpha value is -3.55. The van der Waals surface area contributed by atoms with Crippen LogP contribution in [0.25, 0.3) is 22.6 Å². The van der Waals surface area contributed by atoms with Gasteiger partial charge in [0.15, 0.2) is 16.4 Å². The molecule has 1 saturated heterocycles. The Morgan fingerprint density at radius 1 is 1.19 bits per heavy atom. The molecule has 36 heavy (non-hydrogen) atoms. The molecule has 11 nitrogen and oxygen atoms in total. The van der Waals surface area contributed by atoms with E-state index in [1.54, 1.807) is 28.2 Å². The zero-order chi connectivity index (χ0) is 24.1. The van der Waals surface area contributed by atoms with Crippen LogP contribution in [0, 0.1) is 5.92 Å². The van der Waals surface area contributed by atoms with E-state index < -0.39 is 0 Å². The monoisotopic (exact) mass is 519 g/mol. The van der Waals surface area contributed by atoms with Crippen LogP contribution in [0.3, 0.4) is 0 Å². The largest absolute Gasteiger partial charge is 0.378 e. The van der Waals surface area contributed by atoms with Gasteiger partial charge in [0.1, 0.15) is 5.03 Å². The quantitative estimate of drug-likeness (QED) is 0.361. The summed E-state index contributed by atoms with van der Waals surface area (Å²) < 4.78 is 9.07. The Balaban J connectivity index is 1.19. The zero-order valence-corrected chi connectivity index (χ0v) is 20.7. The Morgan fingerprint density at radius 3 is 2.94 bits per heavy atom. The van der Waals surface area contributed by atoms with E-state index in [4.69, 9.17) is 9.72 Å². The van der Waals surface area contributed by atoms with Crippen LogP contribution in [0.1, 0.15) is 12.8 Å². The number of imidazole rings is 1. The molecule has 5 aromatic rings. The Kier molecular flexibility index (Phi) is 5.33. The molecule has 2 fully saturated rings. The lowest BCUT2D eigenvalue weighted by Crippen LogP contribution is -2.36. The van der Waals surface area contributed by atoms with Crippen molar-refractivity contribution < 1.29 is 9.53 Å². The molecular formula is C23H21N9O2S2. The van der Waals surface area contributed by atoms with E-state index >= 15 is 0 Å². The Bertz CT molecular complexity index is 1580. The molecule has 1 amide bonds. The first-order valence-electron chi connectivity index (χ1n) is 11.7. The number of fused-ring (bicyclic) bond motifs is 2. The topological polar surface area (TPSA) is 115 Å². The number of nitrogens with zero attached hydrogens (tertiary/aromatic N) is 8. The summed E-state index contributed by atoms with van der Waals surface area (Å²) in [5.74, 6) is 0.122. The van der Waals surface area contributed by atoms with Gasteiger partial charge in [-0.05, 0) is 36.7 Å². The minimum absolute atomic E-state index is 0.0272. The molecule has 0 atom stereocenters. The predicted octanol–water partition coefficient (Wildman–Crippen LogP) is 3.23. The van der Waals surface area contributed by atoms with E-state index in [0.29, 0.717) is 21.5 Å². The van der Waals surface area contributed by atoms with Gasteiger partial charge in [-0.25, -0.2) is 14.5 Å². The molecule has 1 aliphatic carbocycles. The lowest BCUT2D eigenvalue weighted by atomic mass is 10.2. The van der Waals surface area contributed by atoms with Gasteiger partial charge in [0.25, 0.3) is 0 Å². The standard InChI is InChI=1S/C23H21N9O2S2/c33-21(14-1-2-14)25-16-11-19(29-32-6-5-24-20(16)32)36-23-28-27-18-4-3-15(12-31(18)23)17-13-35-22(26-17)30-7-9-34-10-8-30/h3-6,11-14H,1-2,7-10H2,(H,25,33). The normalized spacial score (nSPS) is 16.2. The van der Waals surface area contributed by atoms with Crippen molar-refractivity contribution in [2.45, 2.75) is 23.0 Å². The van der Waals surface area contributed by atoms with Crippen molar-refractivity contribution in [3.63, 3.8) is 0 Å². The van der Waals surface area contributed by atoms with Crippen LogP contribution in [0.15, 0.2) is 52.4 Å². The van der Waals surface area contributed by atoms with Crippen molar-refractivity contribution in [1.29, 1.82) is 0 Å². The summed E-state index contributed by atoms with van der Waals surface area (Å²) in [6.07, 6.45) is 7.30. The minimum atomic E-state index is 0.0272. The second-order valence-electron chi connectivity index (χ2n) is 8.70. The number of morpholine rings is 1. The average Bonchev–Trinajstić information content (AvgIpc) is 3.27. The van der Waals surface area contributed by atoms with E-state index in [2.05, 4.69) is 35.9 Å². The molecule has 1 N–H and O–H groups in total.